The molecule has 0 bridgehead atoms. The standard InChI is InChI=1S/C19H29N3O5S/c1-4-17(19(24)21-12-10-14(11-13-21)18(20)23)22(28(3,25)26)15-6-8-16(9-7-15)27-5-2/h6-9,14,17H,4-5,10-13H2,1-3H3,(H2,20,23)/t17-/m1/s1. The summed E-state index contributed by atoms with van der Waals surface area (Å²) >= 11 is 0. The molecule has 2 rings (SSSR count). The molecule has 28 heavy (non-hydrogen) atoms. The number of rotatable bonds is 8. The van der Waals surface area contributed by atoms with Crippen LogP contribution >= 0.6 is 0 Å². The fraction of sp³-hybridized carbons (Fsp3) is 0.579. The molecule has 156 valence electrons. The Morgan fingerprint density at radius 3 is 2.21 bits per heavy atom. The summed E-state index contributed by atoms with van der Waals surface area (Å²) in [4.78, 5) is 26.1. The highest BCUT2D eigenvalue weighted by Gasteiger charge is 2.36. The molecule has 1 fully saturated rings. The van der Waals surface area contributed by atoms with Crippen molar-refractivity contribution < 1.29 is 22.7 Å². The van der Waals surface area contributed by atoms with Gasteiger partial charge in [-0.05, 0) is 50.5 Å². The van der Waals surface area contributed by atoms with Crippen LogP contribution in [0.4, 0.5) is 5.69 Å². The lowest BCUT2D eigenvalue weighted by atomic mass is 9.95. The lowest BCUT2D eigenvalue weighted by molar-refractivity contribution is -0.135. The summed E-state index contributed by atoms with van der Waals surface area (Å²) in [5.41, 5.74) is 5.76. The minimum Gasteiger partial charge on any atom is -0.494 e. The lowest BCUT2D eigenvalue weighted by Crippen LogP contribution is -2.53. The van der Waals surface area contributed by atoms with Gasteiger partial charge in [0.2, 0.25) is 21.8 Å². The maximum atomic E-state index is 13.1. The first-order chi connectivity index (χ1) is 13.2. The zero-order valence-electron chi connectivity index (χ0n) is 16.6. The molecule has 2 amide bonds. The maximum Gasteiger partial charge on any atom is 0.246 e. The van der Waals surface area contributed by atoms with Crippen LogP contribution in [0.15, 0.2) is 24.3 Å². The molecule has 1 aliphatic heterocycles. The normalized spacial score (nSPS) is 16.5. The van der Waals surface area contributed by atoms with Gasteiger partial charge in [-0.15, -0.1) is 0 Å². The van der Waals surface area contributed by atoms with Crippen molar-refractivity contribution in [3.8, 4) is 5.75 Å². The van der Waals surface area contributed by atoms with Crippen LogP contribution in [-0.4, -0.2) is 57.1 Å². The number of hydrogen-bond acceptors (Lipinski definition) is 5. The fourth-order valence-electron chi connectivity index (χ4n) is 3.49. The van der Waals surface area contributed by atoms with Gasteiger partial charge in [-0.3, -0.25) is 13.9 Å². The maximum absolute atomic E-state index is 13.1. The van der Waals surface area contributed by atoms with Gasteiger partial charge >= 0.3 is 0 Å². The van der Waals surface area contributed by atoms with E-state index in [0.29, 0.717) is 50.4 Å². The Bertz CT molecular complexity index is 786. The van der Waals surface area contributed by atoms with Crippen molar-refractivity contribution in [2.24, 2.45) is 11.7 Å². The Balaban J connectivity index is 2.25. The highest BCUT2D eigenvalue weighted by atomic mass is 32.2. The van der Waals surface area contributed by atoms with Gasteiger partial charge < -0.3 is 15.4 Å². The van der Waals surface area contributed by atoms with Gasteiger partial charge in [0.05, 0.1) is 18.6 Å². The molecular weight excluding hydrogens is 382 g/mol. The van der Waals surface area contributed by atoms with E-state index in [1.54, 1.807) is 36.1 Å². The second-order valence-corrected chi connectivity index (χ2v) is 8.77. The van der Waals surface area contributed by atoms with Crippen LogP contribution in [-0.2, 0) is 19.6 Å². The van der Waals surface area contributed by atoms with Gasteiger partial charge in [0, 0.05) is 19.0 Å². The molecule has 0 unspecified atom stereocenters. The van der Waals surface area contributed by atoms with Crippen LogP contribution in [0.2, 0.25) is 0 Å². The zero-order valence-corrected chi connectivity index (χ0v) is 17.4. The number of benzene rings is 1. The average Bonchev–Trinajstić information content (AvgIpc) is 2.65. The third-order valence-corrected chi connectivity index (χ3v) is 6.10. The number of anilines is 1. The number of carbonyl (C=O) groups excluding carboxylic acids is 2. The molecule has 1 saturated heterocycles. The van der Waals surface area contributed by atoms with E-state index in [9.17, 15) is 18.0 Å². The summed E-state index contributed by atoms with van der Waals surface area (Å²) < 4.78 is 31.6. The van der Waals surface area contributed by atoms with Gasteiger partial charge in [0.1, 0.15) is 11.8 Å². The summed E-state index contributed by atoms with van der Waals surface area (Å²) in [6.45, 7) is 4.94. The molecule has 0 spiro atoms. The van der Waals surface area contributed by atoms with Crippen molar-refractivity contribution in [1.82, 2.24) is 4.90 Å². The number of primary amides is 1. The number of hydrogen-bond donors (Lipinski definition) is 1. The monoisotopic (exact) mass is 411 g/mol. The van der Waals surface area contributed by atoms with Crippen molar-refractivity contribution >= 4 is 27.5 Å². The summed E-state index contributed by atoms with van der Waals surface area (Å²) in [7, 11) is -3.69. The van der Waals surface area contributed by atoms with E-state index in [1.165, 1.54) is 4.31 Å². The van der Waals surface area contributed by atoms with Gasteiger partial charge in [0.15, 0.2) is 0 Å². The molecule has 1 aromatic carbocycles. The van der Waals surface area contributed by atoms with Crippen LogP contribution in [0.1, 0.15) is 33.1 Å². The summed E-state index contributed by atoms with van der Waals surface area (Å²) in [5, 5.41) is 0. The number of nitrogens with two attached hydrogens (primary N) is 1. The van der Waals surface area contributed by atoms with Gasteiger partial charge in [-0.2, -0.15) is 0 Å². The van der Waals surface area contributed by atoms with Gasteiger partial charge in [0.25, 0.3) is 0 Å². The zero-order chi connectivity index (χ0) is 20.9. The van der Waals surface area contributed by atoms with Crippen molar-refractivity contribution in [3.05, 3.63) is 24.3 Å². The van der Waals surface area contributed by atoms with E-state index >= 15 is 0 Å². The Hall–Kier alpha value is -2.29. The second kappa shape index (κ2) is 9.27. The van der Waals surface area contributed by atoms with Crippen LogP contribution in [0.5, 0.6) is 5.75 Å². The molecule has 0 aliphatic carbocycles. The fourth-order valence-corrected chi connectivity index (χ4v) is 4.70. The predicted octanol–water partition coefficient (Wildman–Crippen LogP) is 1.35. The number of carbonyl (C=O) groups is 2. The molecule has 1 atom stereocenters. The molecule has 8 nitrogen and oxygen atoms in total. The topological polar surface area (TPSA) is 110 Å². The van der Waals surface area contributed by atoms with Crippen molar-refractivity contribution in [2.75, 3.05) is 30.3 Å². The minimum atomic E-state index is -3.69. The molecule has 2 N–H and O–H groups in total. The average molecular weight is 412 g/mol. The van der Waals surface area contributed by atoms with E-state index in [1.807, 2.05) is 6.92 Å². The Kier molecular flexibility index (Phi) is 7.29. The Labute approximate surface area is 166 Å². The molecule has 9 heteroatoms. The number of sulfonamides is 1. The van der Waals surface area contributed by atoms with Crippen LogP contribution in [0.3, 0.4) is 0 Å². The van der Waals surface area contributed by atoms with Crippen molar-refractivity contribution in [1.29, 1.82) is 0 Å². The minimum absolute atomic E-state index is 0.235. The summed E-state index contributed by atoms with van der Waals surface area (Å²) in [6, 6.07) is 5.81. The first kappa shape index (κ1) is 22.0. The number of nitrogens with zero attached hydrogens (tertiary/aromatic N) is 2. The molecule has 0 saturated carbocycles. The quantitative estimate of drug-likeness (QED) is 0.694. The molecule has 1 heterocycles. The van der Waals surface area contributed by atoms with E-state index in [-0.39, 0.29) is 17.7 Å². The van der Waals surface area contributed by atoms with Crippen LogP contribution < -0.4 is 14.8 Å². The SMILES string of the molecule is CCOc1ccc(N([C@H](CC)C(=O)N2CCC(C(N)=O)CC2)S(C)(=O)=O)cc1. The molecule has 0 aromatic heterocycles. The highest BCUT2D eigenvalue weighted by Crippen LogP contribution is 2.27. The lowest BCUT2D eigenvalue weighted by Gasteiger charge is -2.37. The van der Waals surface area contributed by atoms with Gasteiger partial charge in [-0.25, -0.2) is 8.42 Å². The molecule has 1 aromatic rings. The first-order valence-electron chi connectivity index (χ1n) is 9.49. The summed E-state index contributed by atoms with van der Waals surface area (Å²) in [6.07, 6.45) is 2.42. The Morgan fingerprint density at radius 1 is 1.21 bits per heavy atom. The smallest absolute Gasteiger partial charge is 0.246 e. The number of ether oxygens (including phenoxy) is 1. The second-order valence-electron chi connectivity index (χ2n) is 6.91. The predicted molar refractivity (Wildman–Crippen MR) is 108 cm³/mol. The third kappa shape index (κ3) is 5.15. The van der Waals surface area contributed by atoms with E-state index in [2.05, 4.69) is 0 Å². The number of amides is 2. The summed E-state index contributed by atoms with van der Waals surface area (Å²) in [5.74, 6) is -0.218. The molecule has 0 radical (unpaired) electrons. The van der Waals surface area contributed by atoms with E-state index in [4.69, 9.17) is 10.5 Å². The largest absolute Gasteiger partial charge is 0.494 e. The van der Waals surface area contributed by atoms with Crippen LogP contribution in [0.25, 0.3) is 0 Å². The van der Waals surface area contributed by atoms with E-state index in [0.717, 1.165) is 6.26 Å². The highest BCUT2D eigenvalue weighted by molar-refractivity contribution is 7.92. The Morgan fingerprint density at radius 2 is 1.79 bits per heavy atom. The number of piperidine rings is 1. The third-order valence-electron chi connectivity index (χ3n) is 4.92. The van der Waals surface area contributed by atoms with Crippen molar-refractivity contribution in [2.45, 2.75) is 39.2 Å². The molecule has 1 aliphatic rings. The molecular formula is C19H29N3O5S. The van der Waals surface area contributed by atoms with E-state index < -0.39 is 16.1 Å². The number of likely N-dealkylation sites (tertiary alicyclic amines) is 1. The van der Waals surface area contributed by atoms with Crippen molar-refractivity contribution in [3.63, 3.8) is 0 Å². The van der Waals surface area contributed by atoms with Crippen LogP contribution in [0, 0.1) is 5.92 Å². The van der Waals surface area contributed by atoms with Gasteiger partial charge in [-0.1, -0.05) is 6.92 Å². The first-order valence-corrected chi connectivity index (χ1v) is 11.3.